The lowest BCUT2D eigenvalue weighted by molar-refractivity contribution is 0.251. The van der Waals surface area contributed by atoms with Crippen LogP contribution in [0.1, 0.15) is 23.7 Å². The minimum atomic E-state index is -0.434. The molecule has 4 heterocycles. The second kappa shape index (κ2) is 4.69. The van der Waals surface area contributed by atoms with E-state index in [1.807, 2.05) is 31.3 Å². The first-order chi connectivity index (χ1) is 10.6. The van der Waals surface area contributed by atoms with Gasteiger partial charge in [0.2, 0.25) is 0 Å². The molecule has 2 N–H and O–H groups in total. The van der Waals surface area contributed by atoms with Crippen molar-refractivity contribution in [2.24, 2.45) is 5.73 Å². The molecule has 22 heavy (non-hydrogen) atoms. The van der Waals surface area contributed by atoms with Crippen LogP contribution >= 0.6 is 0 Å². The number of pyridine rings is 2. The maximum atomic E-state index is 11.9. The van der Waals surface area contributed by atoms with Gasteiger partial charge in [0.25, 0.3) is 0 Å². The van der Waals surface area contributed by atoms with Gasteiger partial charge in [-0.2, -0.15) is 0 Å². The minimum absolute atomic E-state index is 0.0679. The van der Waals surface area contributed by atoms with Gasteiger partial charge < -0.3 is 10.6 Å². The summed E-state index contributed by atoms with van der Waals surface area (Å²) in [4.78, 5) is 24.5. The topological polar surface area (TPSA) is 75.3 Å². The zero-order chi connectivity index (χ0) is 15.3. The molecule has 112 valence electrons. The SMILES string of the molecule is Cc1cc(C2CC3CN2c2cccnc2N3C(N)=O)ccn1. The fourth-order valence-electron chi connectivity index (χ4n) is 3.61. The van der Waals surface area contributed by atoms with Crippen LogP contribution in [0.3, 0.4) is 0 Å². The summed E-state index contributed by atoms with van der Waals surface area (Å²) in [6.45, 7) is 2.78. The first-order valence-corrected chi connectivity index (χ1v) is 7.38. The van der Waals surface area contributed by atoms with Gasteiger partial charge >= 0.3 is 6.03 Å². The van der Waals surface area contributed by atoms with Gasteiger partial charge in [-0.05, 0) is 43.2 Å². The van der Waals surface area contributed by atoms with E-state index in [4.69, 9.17) is 5.73 Å². The molecule has 2 unspecified atom stereocenters. The third kappa shape index (κ3) is 1.83. The number of carbonyl (C=O) groups is 1. The number of aromatic nitrogens is 2. The molecule has 2 aliphatic rings. The lowest BCUT2D eigenvalue weighted by atomic mass is 10.0. The molecule has 6 heteroatoms. The predicted octanol–water partition coefficient (Wildman–Crippen LogP) is 2.00. The van der Waals surface area contributed by atoms with Gasteiger partial charge in [0.05, 0.1) is 17.8 Å². The Kier molecular flexibility index (Phi) is 2.79. The largest absolute Gasteiger partial charge is 0.359 e. The summed E-state index contributed by atoms with van der Waals surface area (Å²) in [6, 6.07) is 7.90. The minimum Gasteiger partial charge on any atom is -0.359 e. The summed E-state index contributed by atoms with van der Waals surface area (Å²) in [5, 5.41) is 0. The molecule has 2 aromatic rings. The number of urea groups is 1. The average molecular weight is 295 g/mol. The molecule has 4 rings (SSSR count). The van der Waals surface area contributed by atoms with Crippen LogP contribution in [0.2, 0.25) is 0 Å². The number of amides is 2. The van der Waals surface area contributed by atoms with Crippen LogP contribution in [0.25, 0.3) is 0 Å². The monoisotopic (exact) mass is 295 g/mol. The molecule has 1 saturated heterocycles. The van der Waals surface area contributed by atoms with Crippen molar-refractivity contribution >= 4 is 17.5 Å². The van der Waals surface area contributed by atoms with Crippen LogP contribution in [0.4, 0.5) is 16.3 Å². The quantitative estimate of drug-likeness (QED) is 0.873. The van der Waals surface area contributed by atoms with Crippen LogP contribution in [0.5, 0.6) is 0 Å². The number of nitrogens with two attached hydrogens (primary N) is 1. The Morgan fingerprint density at radius 1 is 1.32 bits per heavy atom. The molecule has 1 fully saturated rings. The third-order valence-corrected chi connectivity index (χ3v) is 4.49. The molecule has 0 aromatic carbocycles. The highest BCUT2D eigenvalue weighted by molar-refractivity contribution is 5.95. The van der Waals surface area contributed by atoms with Gasteiger partial charge in [-0.25, -0.2) is 9.78 Å². The second-order valence-electron chi connectivity index (χ2n) is 5.84. The Labute approximate surface area is 128 Å². The molecule has 2 amide bonds. The molecule has 0 radical (unpaired) electrons. The Morgan fingerprint density at radius 3 is 2.95 bits per heavy atom. The molecular weight excluding hydrogens is 278 g/mol. The van der Waals surface area contributed by atoms with E-state index in [-0.39, 0.29) is 12.1 Å². The van der Waals surface area contributed by atoms with E-state index >= 15 is 0 Å². The highest BCUT2D eigenvalue weighted by Crippen LogP contribution is 2.46. The summed E-state index contributed by atoms with van der Waals surface area (Å²) < 4.78 is 0. The molecule has 2 aromatic heterocycles. The lowest BCUT2D eigenvalue weighted by Crippen LogP contribution is -2.48. The smallest absolute Gasteiger partial charge is 0.320 e. The van der Waals surface area contributed by atoms with Crippen molar-refractivity contribution < 1.29 is 4.79 Å². The third-order valence-electron chi connectivity index (χ3n) is 4.49. The Hall–Kier alpha value is -2.63. The van der Waals surface area contributed by atoms with Gasteiger partial charge in [-0.1, -0.05) is 0 Å². The predicted molar refractivity (Wildman–Crippen MR) is 83.8 cm³/mol. The van der Waals surface area contributed by atoms with Gasteiger partial charge in [-0.3, -0.25) is 9.88 Å². The van der Waals surface area contributed by atoms with Crippen molar-refractivity contribution in [3.05, 3.63) is 47.9 Å². The highest BCUT2D eigenvalue weighted by atomic mass is 16.2. The molecule has 0 saturated carbocycles. The summed E-state index contributed by atoms with van der Waals surface area (Å²) in [7, 11) is 0. The first-order valence-electron chi connectivity index (χ1n) is 7.38. The van der Waals surface area contributed by atoms with Crippen LogP contribution in [-0.4, -0.2) is 28.6 Å². The maximum absolute atomic E-state index is 11.9. The number of aryl methyl sites for hydroxylation is 1. The molecule has 2 atom stereocenters. The number of hydrogen-bond acceptors (Lipinski definition) is 4. The lowest BCUT2D eigenvalue weighted by Gasteiger charge is -2.35. The average Bonchev–Trinajstić information content (AvgIpc) is 2.87. The zero-order valence-corrected chi connectivity index (χ0v) is 12.3. The Morgan fingerprint density at radius 2 is 2.18 bits per heavy atom. The van der Waals surface area contributed by atoms with Gasteiger partial charge in [0, 0.05) is 24.6 Å². The van der Waals surface area contributed by atoms with Crippen molar-refractivity contribution in [2.75, 3.05) is 16.3 Å². The van der Waals surface area contributed by atoms with Crippen molar-refractivity contribution in [1.82, 2.24) is 9.97 Å². The molecule has 0 aliphatic carbocycles. The van der Waals surface area contributed by atoms with E-state index in [0.717, 1.165) is 24.3 Å². The van der Waals surface area contributed by atoms with Crippen molar-refractivity contribution in [2.45, 2.75) is 25.4 Å². The fourth-order valence-corrected chi connectivity index (χ4v) is 3.61. The van der Waals surface area contributed by atoms with E-state index in [1.165, 1.54) is 5.56 Å². The fraction of sp³-hybridized carbons (Fsp3) is 0.312. The van der Waals surface area contributed by atoms with Gasteiger partial charge in [0.15, 0.2) is 5.82 Å². The zero-order valence-electron chi connectivity index (χ0n) is 12.3. The molecule has 6 nitrogen and oxygen atoms in total. The number of anilines is 2. The molecule has 2 bridgehead atoms. The van der Waals surface area contributed by atoms with Crippen LogP contribution in [0.15, 0.2) is 36.7 Å². The van der Waals surface area contributed by atoms with E-state index < -0.39 is 6.03 Å². The number of nitrogens with zero attached hydrogens (tertiary/aromatic N) is 4. The van der Waals surface area contributed by atoms with Gasteiger partial charge in [-0.15, -0.1) is 0 Å². The summed E-state index contributed by atoms with van der Waals surface area (Å²) in [5.41, 5.74) is 8.78. The number of carbonyl (C=O) groups excluding carboxylic acids is 1. The van der Waals surface area contributed by atoms with Crippen LogP contribution in [-0.2, 0) is 0 Å². The van der Waals surface area contributed by atoms with Crippen molar-refractivity contribution in [3.63, 3.8) is 0 Å². The Bertz CT molecular complexity index is 747. The summed E-state index contributed by atoms with van der Waals surface area (Å²) in [6.07, 6.45) is 4.39. The highest BCUT2D eigenvalue weighted by Gasteiger charge is 2.44. The first kappa shape index (κ1) is 13.1. The summed E-state index contributed by atoms with van der Waals surface area (Å²) in [5.74, 6) is 0.666. The number of primary amides is 1. The van der Waals surface area contributed by atoms with Crippen LogP contribution in [0, 0.1) is 6.92 Å². The van der Waals surface area contributed by atoms with E-state index in [1.54, 1.807) is 11.1 Å². The van der Waals surface area contributed by atoms with E-state index in [2.05, 4.69) is 20.9 Å². The molecule has 0 spiro atoms. The number of fused-ring (bicyclic) bond motifs is 4. The van der Waals surface area contributed by atoms with Crippen molar-refractivity contribution in [1.29, 1.82) is 0 Å². The second-order valence-corrected chi connectivity index (χ2v) is 5.84. The summed E-state index contributed by atoms with van der Waals surface area (Å²) >= 11 is 0. The normalized spacial score (nSPS) is 22.6. The van der Waals surface area contributed by atoms with Crippen LogP contribution < -0.4 is 15.5 Å². The standard InChI is InChI=1S/C16H17N5O/c1-10-7-11(4-6-18-10)14-8-12-9-20(14)13-3-2-5-19-15(13)21(12)16(17)22/h2-7,12,14H,8-9H2,1H3,(H2,17,22). The number of rotatable bonds is 1. The van der Waals surface area contributed by atoms with E-state index in [9.17, 15) is 4.79 Å². The molecular formula is C16H17N5O. The maximum Gasteiger partial charge on any atom is 0.320 e. The Balaban J connectivity index is 1.81. The molecule has 2 aliphatic heterocycles. The van der Waals surface area contributed by atoms with Gasteiger partial charge in [0.1, 0.15) is 0 Å². The van der Waals surface area contributed by atoms with Crippen molar-refractivity contribution in [3.8, 4) is 0 Å². The number of hydrogen-bond donors (Lipinski definition) is 1. The van der Waals surface area contributed by atoms with E-state index in [0.29, 0.717) is 5.82 Å².